The first kappa shape index (κ1) is 18.1. The lowest BCUT2D eigenvalue weighted by Gasteiger charge is -2.20. The van der Waals surface area contributed by atoms with E-state index < -0.39 is 5.91 Å². The lowest BCUT2D eigenvalue weighted by molar-refractivity contribution is 0.0706. The first-order valence-corrected chi connectivity index (χ1v) is 9.31. The summed E-state index contributed by atoms with van der Waals surface area (Å²) in [5.74, 6) is 0.364. The van der Waals surface area contributed by atoms with Gasteiger partial charge in [-0.15, -0.1) is 0 Å². The predicted molar refractivity (Wildman–Crippen MR) is 108 cm³/mol. The van der Waals surface area contributed by atoms with E-state index in [9.17, 15) is 4.79 Å². The smallest absolute Gasteiger partial charge is 0.274 e. The quantitative estimate of drug-likeness (QED) is 0.507. The molecular weight excluding hydrogens is 352 g/mol. The maximum atomic E-state index is 11.4. The Kier molecular flexibility index (Phi) is 5.26. The van der Waals surface area contributed by atoms with Gasteiger partial charge >= 0.3 is 0 Å². The molecule has 0 aliphatic carbocycles. The molecule has 5 heteroatoms. The Labute approximate surface area is 164 Å². The van der Waals surface area contributed by atoms with Crippen molar-refractivity contribution in [2.24, 2.45) is 0 Å². The zero-order valence-electron chi connectivity index (χ0n) is 15.5. The Balaban J connectivity index is 1.45. The molecule has 4 rings (SSSR count). The van der Waals surface area contributed by atoms with Crippen LogP contribution in [0.25, 0.3) is 0 Å². The van der Waals surface area contributed by atoms with Crippen molar-refractivity contribution in [1.29, 1.82) is 0 Å². The molecule has 1 aliphatic heterocycles. The highest BCUT2D eigenvalue weighted by molar-refractivity contribution is 5.93. The predicted octanol–water partition coefficient (Wildman–Crippen LogP) is 3.95. The summed E-state index contributed by atoms with van der Waals surface area (Å²) in [4.78, 5) is 13.8. The highest BCUT2D eigenvalue weighted by Crippen LogP contribution is 2.33. The zero-order chi connectivity index (χ0) is 19.3. The number of carbonyl (C=O) groups excluding carboxylic acids is 1. The summed E-state index contributed by atoms with van der Waals surface area (Å²) in [6.45, 7) is 2.26. The fourth-order valence-electron chi connectivity index (χ4n) is 3.47. The van der Waals surface area contributed by atoms with Gasteiger partial charge in [0.2, 0.25) is 0 Å². The number of nitrogens with zero attached hydrogens (tertiary/aromatic N) is 1. The minimum Gasteiger partial charge on any atom is -0.489 e. The Morgan fingerprint density at radius 2 is 1.79 bits per heavy atom. The normalized spacial score (nSPS) is 12.5. The molecule has 3 aromatic rings. The van der Waals surface area contributed by atoms with Crippen LogP contribution >= 0.6 is 0 Å². The number of amides is 1. The number of fused-ring (bicyclic) bond motifs is 1. The summed E-state index contributed by atoms with van der Waals surface area (Å²) in [6, 6.07) is 23.7. The van der Waals surface area contributed by atoms with Crippen molar-refractivity contribution in [2.75, 3.05) is 11.4 Å². The Bertz CT molecular complexity index is 955. The van der Waals surface area contributed by atoms with Gasteiger partial charge in [-0.2, -0.15) is 0 Å². The zero-order valence-corrected chi connectivity index (χ0v) is 15.5. The molecule has 142 valence electrons. The average Bonchev–Trinajstić information content (AvgIpc) is 3.15. The number of nitrogens with one attached hydrogen (secondary N) is 1. The third kappa shape index (κ3) is 4.00. The van der Waals surface area contributed by atoms with Gasteiger partial charge < -0.3 is 9.64 Å². The maximum absolute atomic E-state index is 11.4. The molecule has 2 N–H and O–H groups in total. The lowest BCUT2D eigenvalue weighted by atomic mass is 10.1. The number of hydrogen-bond donors (Lipinski definition) is 2. The van der Waals surface area contributed by atoms with E-state index in [0.29, 0.717) is 12.2 Å². The molecule has 0 spiro atoms. The lowest BCUT2D eigenvalue weighted by Crippen LogP contribution is -2.20. The molecule has 0 saturated heterocycles. The molecule has 0 bridgehead atoms. The molecule has 0 fully saturated rings. The van der Waals surface area contributed by atoms with Crippen molar-refractivity contribution < 1.29 is 14.7 Å². The highest BCUT2D eigenvalue weighted by atomic mass is 16.5. The summed E-state index contributed by atoms with van der Waals surface area (Å²) in [5, 5.41) is 8.72. The van der Waals surface area contributed by atoms with Crippen LogP contribution in [0.5, 0.6) is 5.75 Å². The molecule has 0 atom stereocenters. The molecular formula is C23H22N2O3. The minimum atomic E-state index is -0.502. The molecule has 0 saturated carbocycles. The Hall–Kier alpha value is -3.31. The summed E-state index contributed by atoms with van der Waals surface area (Å²) in [7, 11) is 0. The van der Waals surface area contributed by atoms with E-state index in [-0.39, 0.29) is 0 Å². The number of benzene rings is 3. The van der Waals surface area contributed by atoms with Gasteiger partial charge in [-0.25, -0.2) is 5.48 Å². The largest absolute Gasteiger partial charge is 0.489 e. The number of anilines is 1. The van der Waals surface area contributed by atoms with Gasteiger partial charge in [0.05, 0.1) is 0 Å². The summed E-state index contributed by atoms with van der Waals surface area (Å²) >= 11 is 0. The number of carbonyl (C=O) groups is 1. The van der Waals surface area contributed by atoms with Crippen LogP contribution < -0.4 is 15.1 Å². The van der Waals surface area contributed by atoms with Crippen LogP contribution in [-0.4, -0.2) is 17.7 Å². The van der Waals surface area contributed by atoms with Crippen molar-refractivity contribution >= 4 is 11.6 Å². The van der Waals surface area contributed by atoms with Crippen LogP contribution in [0.4, 0.5) is 5.69 Å². The van der Waals surface area contributed by atoms with E-state index in [0.717, 1.165) is 36.4 Å². The molecule has 5 nitrogen and oxygen atoms in total. The second kappa shape index (κ2) is 8.15. The maximum Gasteiger partial charge on any atom is 0.274 e. The molecule has 0 aromatic heterocycles. The summed E-state index contributed by atoms with van der Waals surface area (Å²) < 4.78 is 5.98. The number of ether oxygens (including phenoxy) is 1. The van der Waals surface area contributed by atoms with Crippen LogP contribution in [-0.2, 0) is 19.6 Å². The minimum absolute atomic E-state index is 0.435. The second-order valence-electron chi connectivity index (χ2n) is 6.87. The fourth-order valence-corrected chi connectivity index (χ4v) is 3.47. The third-order valence-corrected chi connectivity index (χ3v) is 4.99. The van der Waals surface area contributed by atoms with Gasteiger partial charge in [0.15, 0.2) is 0 Å². The second-order valence-corrected chi connectivity index (χ2v) is 6.87. The van der Waals surface area contributed by atoms with E-state index in [2.05, 4.69) is 29.2 Å². The van der Waals surface area contributed by atoms with Crippen molar-refractivity contribution in [3.8, 4) is 5.75 Å². The van der Waals surface area contributed by atoms with Gasteiger partial charge in [0, 0.05) is 30.4 Å². The van der Waals surface area contributed by atoms with Gasteiger partial charge in [-0.1, -0.05) is 48.5 Å². The average molecular weight is 374 g/mol. The standard InChI is InChI=1S/C23H22N2O3/c26-23(24-27)20-8-6-17(7-9-20)15-25-13-12-19-10-11-21(14-22(19)25)28-16-18-4-2-1-3-5-18/h1-11,14,27H,12-13,15-16H2,(H,24,26). The van der Waals surface area contributed by atoms with Crippen molar-refractivity contribution in [1.82, 2.24) is 5.48 Å². The van der Waals surface area contributed by atoms with Crippen LogP contribution in [0.15, 0.2) is 72.8 Å². The summed E-state index contributed by atoms with van der Waals surface area (Å²) in [5.41, 5.74) is 6.86. The monoisotopic (exact) mass is 374 g/mol. The van der Waals surface area contributed by atoms with Crippen molar-refractivity contribution in [3.05, 3.63) is 95.1 Å². The van der Waals surface area contributed by atoms with E-state index in [1.165, 1.54) is 11.3 Å². The molecule has 3 aromatic carbocycles. The molecule has 1 aliphatic rings. The fraction of sp³-hybridized carbons (Fsp3) is 0.174. The van der Waals surface area contributed by atoms with Gasteiger partial charge in [0.25, 0.3) is 5.91 Å². The van der Waals surface area contributed by atoms with Gasteiger partial charge in [-0.05, 0) is 41.3 Å². The number of rotatable bonds is 6. The SMILES string of the molecule is O=C(NO)c1ccc(CN2CCc3ccc(OCc4ccccc4)cc32)cc1. The van der Waals surface area contributed by atoms with Crippen LogP contribution in [0.1, 0.15) is 27.0 Å². The van der Waals surface area contributed by atoms with E-state index >= 15 is 0 Å². The van der Waals surface area contributed by atoms with Crippen molar-refractivity contribution in [3.63, 3.8) is 0 Å². The molecule has 28 heavy (non-hydrogen) atoms. The number of hydroxylamine groups is 1. The third-order valence-electron chi connectivity index (χ3n) is 4.99. The first-order chi connectivity index (χ1) is 13.7. The Morgan fingerprint density at radius 1 is 1.00 bits per heavy atom. The van der Waals surface area contributed by atoms with Crippen molar-refractivity contribution in [2.45, 2.75) is 19.6 Å². The highest BCUT2D eigenvalue weighted by Gasteiger charge is 2.20. The van der Waals surface area contributed by atoms with Crippen LogP contribution in [0.3, 0.4) is 0 Å². The van der Waals surface area contributed by atoms with E-state index in [1.54, 1.807) is 17.6 Å². The van der Waals surface area contributed by atoms with Gasteiger partial charge in [-0.3, -0.25) is 10.0 Å². The van der Waals surface area contributed by atoms with Crippen LogP contribution in [0, 0.1) is 0 Å². The molecule has 0 radical (unpaired) electrons. The Morgan fingerprint density at radius 3 is 2.54 bits per heavy atom. The number of hydrogen-bond acceptors (Lipinski definition) is 4. The molecule has 1 heterocycles. The molecule has 0 unspecified atom stereocenters. The summed E-state index contributed by atoms with van der Waals surface area (Å²) in [6.07, 6.45) is 1.01. The van der Waals surface area contributed by atoms with E-state index in [4.69, 9.17) is 9.94 Å². The van der Waals surface area contributed by atoms with Gasteiger partial charge in [0.1, 0.15) is 12.4 Å². The topological polar surface area (TPSA) is 61.8 Å². The van der Waals surface area contributed by atoms with E-state index in [1.807, 2.05) is 36.4 Å². The first-order valence-electron chi connectivity index (χ1n) is 9.31. The van der Waals surface area contributed by atoms with Crippen LogP contribution in [0.2, 0.25) is 0 Å². The molecule has 1 amide bonds.